The van der Waals surface area contributed by atoms with E-state index in [0.717, 1.165) is 26.1 Å². The van der Waals surface area contributed by atoms with Crippen molar-refractivity contribution in [3.63, 3.8) is 0 Å². The Balaban J connectivity index is 2.39. The highest BCUT2D eigenvalue weighted by Crippen LogP contribution is 2.26. The fourth-order valence-electron chi connectivity index (χ4n) is 2.21. The van der Waals surface area contributed by atoms with Crippen molar-refractivity contribution in [1.82, 2.24) is 4.90 Å². The van der Waals surface area contributed by atoms with Gasteiger partial charge < -0.3 is 10.8 Å². The third-order valence-corrected chi connectivity index (χ3v) is 3.81. The first-order valence-electron chi connectivity index (χ1n) is 6.05. The molecule has 3 N–H and O–H groups in total. The molecule has 1 saturated heterocycles. The third kappa shape index (κ3) is 3.44. The van der Waals surface area contributed by atoms with Gasteiger partial charge in [-0.15, -0.1) is 0 Å². The van der Waals surface area contributed by atoms with Crippen LogP contribution >= 0.6 is 0 Å². The number of nitrogens with two attached hydrogens (primary N) is 1. The highest BCUT2D eigenvalue weighted by Gasteiger charge is 2.31. The van der Waals surface area contributed by atoms with Gasteiger partial charge in [-0.1, -0.05) is 20.8 Å². The highest BCUT2D eigenvalue weighted by molar-refractivity contribution is 4.85. The quantitative estimate of drug-likeness (QED) is 0.719. The zero-order chi connectivity index (χ0) is 11.5. The summed E-state index contributed by atoms with van der Waals surface area (Å²) in [4.78, 5) is 2.42. The number of hydrogen-bond acceptors (Lipinski definition) is 3. The molecule has 1 aliphatic rings. The lowest BCUT2D eigenvalue weighted by atomic mass is 9.89. The molecule has 3 heteroatoms. The molecule has 0 aromatic carbocycles. The second-order valence-corrected chi connectivity index (χ2v) is 5.67. The largest absolute Gasteiger partial charge is 0.395 e. The summed E-state index contributed by atoms with van der Waals surface area (Å²) in [5, 5.41) is 9.33. The van der Waals surface area contributed by atoms with Crippen LogP contribution in [0.1, 0.15) is 33.6 Å². The highest BCUT2D eigenvalue weighted by atomic mass is 16.3. The van der Waals surface area contributed by atoms with Gasteiger partial charge in [0.05, 0.1) is 6.61 Å². The van der Waals surface area contributed by atoms with E-state index in [9.17, 15) is 5.11 Å². The Morgan fingerprint density at radius 3 is 2.67 bits per heavy atom. The Hall–Kier alpha value is -0.120. The van der Waals surface area contributed by atoms with Crippen LogP contribution in [0.4, 0.5) is 0 Å². The van der Waals surface area contributed by atoms with Gasteiger partial charge in [0.1, 0.15) is 0 Å². The molecular formula is C12H26N2O. The molecule has 2 unspecified atom stereocenters. The molecule has 0 bridgehead atoms. The molecule has 0 aromatic heterocycles. The minimum atomic E-state index is 0.228. The summed E-state index contributed by atoms with van der Waals surface area (Å²) in [7, 11) is 0. The predicted molar refractivity (Wildman–Crippen MR) is 63.7 cm³/mol. The van der Waals surface area contributed by atoms with E-state index in [-0.39, 0.29) is 5.41 Å². The van der Waals surface area contributed by atoms with Crippen LogP contribution in [0.3, 0.4) is 0 Å². The summed E-state index contributed by atoms with van der Waals surface area (Å²) in [5.41, 5.74) is 5.95. The first kappa shape index (κ1) is 12.9. The smallest absolute Gasteiger partial charge is 0.0589 e. The molecule has 90 valence electrons. The van der Waals surface area contributed by atoms with Crippen molar-refractivity contribution in [2.24, 2.45) is 17.1 Å². The summed E-state index contributed by atoms with van der Waals surface area (Å²) in [6.07, 6.45) is 2.33. The van der Waals surface area contributed by atoms with Gasteiger partial charge >= 0.3 is 0 Å². The molecule has 3 nitrogen and oxygen atoms in total. The van der Waals surface area contributed by atoms with Crippen molar-refractivity contribution in [1.29, 1.82) is 0 Å². The van der Waals surface area contributed by atoms with Crippen LogP contribution in [0.2, 0.25) is 0 Å². The van der Waals surface area contributed by atoms with E-state index in [1.807, 2.05) is 0 Å². The molecule has 0 saturated carbocycles. The number of likely N-dealkylation sites (tertiary alicyclic amines) is 1. The van der Waals surface area contributed by atoms with Gasteiger partial charge in [-0.05, 0) is 43.8 Å². The van der Waals surface area contributed by atoms with Gasteiger partial charge in [-0.25, -0.2) is 0 Å². The summed E-state index contributed by atoms with van der Waals surface area (Å²) in [6, 6.07) is 0.374. The van der Waals surface area contributed by atoms with E-state index in [2.05, 4.69) is 25.7 Å². The fourth-order valence-corrected chi connectivity index (χ4v) is 2.21. The first-order chi connectivity index (χ1) is 7.00. The standard InChI is InChI=1S/C12H26N2O/c1-10-4-6-14(11(10)8-15)7-5-12(2,3)9-13/h10-11,15H,4-9,13H2,1-3H3. The van der Waals surface area contributed by atoms with Crippen molar-refractivity contribution in [2.75, 3.05) is 26.2 Å². The first-order valence-corrected chi connectivity index (χ1v) is 6.05. The Bertz CT molecular complexity index is 194. The van der Waals surface area contributed by atoms with Crippen LogP contribution in [0.15, 0.2) is 0 Å². The van der Waals surface area contributed by atoms with E-state index < -0.39 is 0 Å². The maximum Gasteiger partial charge on any atom is 0.0589 e. The van der Waals surface area contributed by atoms with E-state index in [4.69, 9.17) is 5.73 Å². The van der Waals surface area contributed by atoms with Crippen molar-refractivity contribution in [3.8, 4) is 0 Å². The monoisotopic (exact) mass is 214 g/mol. The maximum absolute atomic E-state index is 9.33. The topological polar surface area (TPSA) is 49.5 Å². The summed E-state index contributed by atoms with van der Waals surface area (Å²) in [6.45, 7) is 9.88. The Labute approximate surface area is 93.6 Å². The molecule has 2 atom stereocenters. The molecule has 1 aliphatic heterocycles. The molecule has 1 heterocycles. The van der Waals surface area contributed by atoms with Crippen LogP contribution in [0.25, 0.3) is 0 Å². The van der Waals surface area contributed by atoms with Crippen LogP contribution in [-0.2, 0) is 0 Å². The van der Waals surface area contributed by atoms with E-state index in [1.165, 1.54) is 6.42 Å². The second kappa shape index (κ2) is 5.28. The fraction of sp³-hybridized carbons (Fsp3) is 1.00. The molecule has 0 aliphatic carbocycles. The molecular weight excluding hydrogens is 188 g/mol. The van der Waals surface area contributed by atoms with Crippen molar-refractivity contribution in [2.45, 2.75) is 39.7 Å². The summed E-state index contributed by atoms with van der Waals surface area (Å²) < 4.78 is 0. The van der Waals surface area contributed by atoms with Crippen LogP contribution in [-0.4, -0.2) is 42.3 Å². The van der Waals surface area contributed by atoms with Gasteiger partial charge in [-0.2, -0.15) is 0 Å². The van der Waals surface area contributed by atoms with Gasteiger partial charge in [0, 0.05) is 6.04 Å². The Morgan fingerprint density at radius 2 is 2.13 bits per heavy atom. The van der Waals surface area contributed by atoms with Crippen LogP contribution in [0, 0.1) is 11.3 Å². The average Bonchev–Trinajstić information content (AvgIpc) is 2.56. The zero-order valence-electron chi connectivity index (χ0n) is 10.4. The van der Waals surface area contributed by atoms with E-state index >= 15 is 0 Å². The minimum absolute atomic E-state index is 0.228. The Kier molecular flexibility index (Phi) is 4.56. The molecule has 0 spiro atoms. The lowest BCUT2D eigenvalue weighted by Gasteiger charge is -2.29. The third-order valence-electron chi connectivity index (χ3n) is 3.81. The average molecular weight is 214 g/mol. The lowest BCUT2D eigenvalue weighted by molar-refractivity contribution is 0.126. The molecule has 0 amide bonds. The van der Waals surface area contributed by atoms with Gasteiger partial charge in [0.2, 0.25) is 0 Å². The van der Waals surface area contributed by atoms with Crippen molar-refractivity contribution < 1.29 is 5.11 Å². The Morgan fingerprint density at radius 1 is 1.47 bits per heavy atom. The molecule has 15 heavy (non-hydrogen) atoms. The molecule has 1 fully saturated rings. The predicted octanol–water partition coefficient (Wildman–Crippen LogP) is 1.06. The van der Waals surface area contributed by atoms with Gasteiger partial charge in [0.25, 0.3) is 0 Å². The molecule has 1 rings (SSSR count). The van der Waals surface area contributed by atoms with Gasteiger partial charge in [-0.3, -0.25) is 4.90 Å². The number of rotatable bonds is 5. The van der Waals surface area contributed by atoms with Crippen molar-refractivity contribution >= 4 is 0 Å². The minimum Gasteiger partial charge on any atom is -0.395 e. The number of aliphatic hydroxyl groups is 1. The number of hydrogen-bond donors (Lipinski definition) is 2. The number of aliphatic hydroxyl groups excluding tert-OH is 1. The van der Waals surface area contributed by atoms with Gasteiger partial charge in [0.15, 0.2) is 0 Å². The SMILES string of the molecule is CC1CCN(CCC(C)(C)CN)C1CO. The van der Waals surface area contributed by atoms with Crippen LogP contribution < -0.4 is 5.73 Å². The second-order valence-electron chi connectivity index (χ2n) is 5.67. The summed E-state index contributed by atoms with van der Waals surface area (Å²) >= 11 is 0. The zero-order valence-corrected chi connectivity index (χ0v) is 10.4. The number of nitrogens with zero attached hydrogens (tertiary/aromatic N) is 1. The maximum atomic E-state index is 9.33. The van der Waals surface area contributed by atoms with E-state index in [1.54, 1.807) is 0 Å². The van der Waals surface area contributed by atoms with E-state index in [0.29, 0.717) is 18.6 Å². The molecule has 0 aromatic rings. The van der Waals surface area contributed by atoms with Crippen LogP contribution in [0.5, 0.6) is 0 Å². The summed E-state index contributed by atoms with van der Waals surface area (Å²) in [5.74, 6) is 0.635. The normalized spacial score (nSPS) is 28.6. The molecule has 0 radical (unpaired) electrons. The lowest BCUT2D eigenvalue weighted by Crippen LogP contribution is -2.38. The van der Waals surface area contributed by atoms with Crippen molar-refractivity contribution in [3.05, 3.63) is 0 Å².